The van der Waals surface area contributed by atoms with Crippen molar-refractivity contribution in [3.8, 4) is 17.2 Å². The van der Waals surface area contributed by atoms with Gasteiger partial charge in [-0.15, -0.1) is 5.10 Å². The zero-order valence-corrected chi connectivity index (χ0v) is 16.8. The topological polar surface area (TPSA) is 91.2 Å². The number of aromatic nitrogens is 4. The van der Waals surface area contributed by atoms with E-state index in [1.807, 2.05) is 57.2 Å². The van der Waals surface area contributed by atoms with Crippen molar-refractivity contribution < 1.29 is 14.3 Å². The Hall–Kier alpha value is -3.68. The summed E-state index contributed by atoms with van der Waals surface area (Å²) in [7, 11) is 1.59. The van der Waals surface area contributed by atoms with E-state index in [-0.39, 0.29) is 5.91 Å². The number of nitrogens with zero attached hydrogens (tertiary/aromatic N) is 4. The maximum Gasteiger partial charge on any atom is 0.248 e. The van der Waals surface area contributed by atoms with Crippen LogP contribution >= 0.6 is 0 Å². The maximum absolute atomic E-state index is 12.4. The van der Waals surface area contributed by atoms with E-state index in [1.165, 1.54) is 6.08 Å². The highest BCUT2D eigenvalue weighted by Crippen LogP contribution is 2.28. The Morgan fingerprint density at radius 2 is 2.00 bits per heavy atom. The van der Waals surface area contributed by atoms with E-state index in [9.17, 15) is 4.79 Å². The van der Waals surface area contributed by atoms with Gasteiger partial charge in [-0.25, -0.2) is 0 Å². The molecule has 0 bridgehead atoms. The molecule has 0 radical (unpaired) electrons. The number of hydrogen-bond acceptors (Lipinski definition) is 6. The number of amides is 1. The van der Waals surface area contributed by atoms with Gasteiger partial charge in [0.15, 0.2) is 17.3 Å². The van der Waals surface area contributed by atoms with Crippen LogP contribution in [0.4, 0.5) is 5.69 Å². The van der Waals surface area contributed by atoms with Crippen LogP contribution in [0.2, 0.25) is 0 Å². The van der Waals surface area contributed by atoms with E-state index in [0.29, 0.717) is 29.6 Å². The van der Waals surface area contributed by atoms with Crippen molar-refractivity contribution >= 4 is 17.7 Å². The van der Waals surface area contributed by atoms with Crippen LogP contribution in [0.3, 0.4) is 0 Å². The predicted octanol–water partition coefficient (Wildman–Crippen LogP) is 3.34. The van der Waals surface area contributed by atoms with Gasteiger partial charge >= 0.3 is 0 Å². The molecule has 2 aromatic carbocycles. The van der Waals surface area contributed by atoms with E-state index in [4.69, 9.17) is 9.47 Å². The number of nitrogens with one attached hydrogen (secondary N) is 1. The molecule has 8 heteroatoms. The van der Waals surface area contributed by atoms with Gasteiger partial charge in [-0.1, -0.05) is 12.1 Å². The van der Waals surface area contributed by atoms with E-state index in [1.54, 1.807) is 17.9 Å². The van der Waals surface area contributed by atoms with Gasteiger partial charge in [-0.2, -0.15) is 4.68 Å². The molecule has 0 saturated carbocycles. The molecule has 0 aliphatic rings. The summed E-state index contributed by atoms with van der Waals surface area (Å²) in [5.41, 5.74) is 3.29. The Labute approximate surface area is 169 Å². The van der Waals surface area contributed by atoms with Crippen LogP contribution in [-0.2, 0) is 4.79 Å². The fourth-order valence-electron chi connectivity index (χ4n) is 2.79. The van der Waals surface area contributed by atoms with E-state index < -0.39 is 0 Å². The Morgan fingerprint density at radius 3 is 2.69 bits per heavy atom. The highest BCUT2D eigenvalue weighted by Gasteiger charge is 2.09. The summed E-state index contributed by atoms with van der Waals surface area (Å²) in [6.45, 7) is 6.21. The number of ether oxygens (including phenoxy) is 2. The molecular formula is C21H23N5O3. The van der Waals surface area contributed by atoms with E-state index >= 15 is 0 Å². The summed E-state index contributed by atoms with van der Waals surface area (Å²) in [5.74, 6) is 1.71. The number of aryl methyl sites for hydroxylation is 2. The first-order valence-corrected chi connectivity index (χ1v) is 9.17. The number of tetrazole rings is 1. The number of benzene rings is 2. The van der Waals surface area contributed by atoms with Crippen molar-refractivity contribution in [3.05, 3.63) is 59.4 Å². The summed E-state index contributed by atoms with van der Waals surface area (Å²) in [5, 5.41) is 14.4. The van der Waals surface area contributed by atoms with Crippen molar-refractivity contribution in [2.45, 2.75) is 20.8 Å². The molecule has 29 heavy (non-hydrogen) atoms. The summed E-state index contributed by atoms with van der Waals surface area (Å²) in [6.07, 6.45) is 3.19. The van der Waals surface area contributed by atoms with E-state index in [0.717, 1.165) is 16.8 Å². The molecule has 0 spiro atoms. The Bertz CT molecular complexity index is 1040. The third-order valence-corrected chi connectivity index (χ3v) is 4.24. The van der Waals surface area contributed by atoms with Crippen molar-refractivity contribution in [3.63, 3.8) is 0 Å². The monoisotopic (exact) mass is 393 g/mol. The zero-order chi connectivity index (χ0) is 20.8. The number of carbonyl (C=O) groups is 1. The highest BCUT2D eigenvalue weighted by atomic mass is 16.5. The van der Waals surface area contributed by atoms with Crippen LogP contribution in [0.1, 0.15) is 23.9 Å². The third-order valence-electron chi connectivity index (χ3n) is 4.24. The number of anilines is 1. The van der Waals surface area contributed by atoms with E-state index in [2.05, 4.69) is 20.8 Å². The summed E-state index contributed by atoms with van der Waals surface area (Å²) in [4.78, 5) is 12.4. The lowest BCUT2D eigenvalue weighted by Gasteiger charge is -2.10. The third kappa shape index (κ3) is 4.78. The first kappa shape index (κ1) is 20.1. The summed E-state index contributed by atoms with van der Waals surface area (Å²) < 4.78 is 12.5. The second-order valence-electron chi connectivity index (χ2n) is 6.31. The minimum atomic E-state index is -0.248. The van der Waals surface area contributed by atoms with Crippen molar-refractivity contribution in [1.29, 1.82) is 0 Å². The molecule has 0 saturated heterocycles. The molecule has 150 valence electrons. The quantitative estimate of drug-likeness (QED) is 0.619. The number of hydrogen-bond donors (Lipinski definition) is 1. The first-order chi connectivity index (χ1) is 14.0. The number of rotatable bonds is 7. The summed E-state index contributed by atoms with van der Waals surface area (Å²) >= 11 is 0. The van der Waals surface area contributed by atoms with Gasteiger partial charge in [-0.3, -0.25) is 4.79 Å². The van der Waals surface area contributed by atoms with Gasteiger partial charge < -0.3 is 14.8 Å². The average molecular weight is 393 g/mol. The maximum atomic E-state index is 12.4. The molecule has 1 amide bonds. The molecule has 3 rings (SSSR count). The number of carbonyl (C=O) groups excluding carboxylic acids is 1. The average Bonchev–Trinajstić information content (AvgIpc) is 3.14. The van der Waals surface area contributed by atoms with Crippen molar-refractivity contribution in [2.24, 2.45) is 0 Å². The molecule has 1 N–H and O–H groups in total. The Balaban J connectivity index is 1.74. The van der Waals surface area contributed by atoms with Crippen molar-refractivity contribution in [1.82, 2.24) is 20.2 Å². The minimum Gasteiger partial charge on any atom is -0.493 e. The second kappa shape index (κ2) is 9.01. The molecule has 8 nitrogen and oxygen atoms in total. The fourth-order valence-corrected chi connectivity index (χ4v) is 2.79. The normalized spacial score (nSPS) is 10.9. The summed E-state index contributed by atoms with van der Waals surface area (Å²) in [6, 6.07) is 11.1. The van der Waals surface area contributed by atoms with Crippen LogP contribution in [0.15, 0.2) is 42.5 Å². The molecule has 0 unspecified atom stereocenters. The van der Waals surface area contributed by atoms with Crippen molar-refractivity contribution in [2.75, 3.05) is 19.0 Å². The van der Waals surface area contributed by atoms with Crippen LogP contribution in [0, 0.1) is 13.8 Å². The van der Waals surface area contributed by atoms with Gasteiger partial charge in [0, 0.05) is 11.8 Å². The first-order valence-electron chi connectivity index (χ1n) is 9.17. The predicted molar refractivity (Wildman–Crippen MR) is 110 cm³/mol. The molecule has 0 aliphatic heterocycles. The van der Waals surface area contributed by atoms with Gasteiger partial charge in [0.2, 0.25) is 5.91 Å². The van der Waals surface area contributed by atoms with Gasteiger partial charge in [0.1, 0.15) is 0 Å². The minimum absolute atomic E-state index is 0.248. The lowest BCUT2D eigenvalue weighted by atomic mass is 10.1. The van der Waals surface area contributed by atoms with Crippen LogP contribution in [-0.4, -0.2) is 39.8 Å². The molecule has 0 aliphatic carbocycles. The Kier molecular flexibility index (Phi) is 6.23. The standard InChI is InChI=1S/C21H23N5O3/c1-5-29-20-12-16(7-10-19(20)28-4)8-11-21(27)22-17-9-6-14(2)18(13-17)26-15(3)23-24-25-26/h6-13H,5H2,1-4H3,(H,22,27)/b11-8+. The van der Waals surface area contributed by atoms with Gasteiger partial charge in [-0.05, 0) is 72.7 Å². The van der Waals surface area contributed by atoms with Gasteiger partial charge in [0.25, 0.3) is 0 Å². The molecule has 3 aromatic rings. The Morgan fingerprint density at radius 1 is 1.17 bits per heavy atom. The molecule has 0 atom stereocenters. The molecule has 1 heterocycles. The van der Waals surface area contributed by atoms with Crippen LogP contribution < -0.4 is 14.8 Å². The van der Waals surface area contributed by atoms with Gasteiger partial charge in [0.05, 0.1) is 19.4 Å². The smallest absolute Gasteiger partial charge is 0.248 e. The molecular weight excluding hydrogens is 370 g/mol. The lowest BCUT2D eigenvalue weighted by Crippen LogP contribution is -2.09. The number of methoxy groups -OCH3 is 1. The molecule has 1 aromatic heterocycles. The molecule has 0 fully saturated rings. The lowest BCUT2D eigenvalue weighted by molar-refractivity contribution is -0.111. The fraction of sp³-hybridized carbons (Fsp3) is 0.238. The highest BCUT2D eigenvalue weighted by molar-refractivity contribution is 6.02. The van der Waals surface area contributed by atoms with Crippen LogP contribution in [0.5, 0.6) is 11.5 Å². The second-order valence-corrected chi connectivity index (χ2v) is 6.31. The largest absolute Gasteiger partial charge is 0.493 e. The SMILES string of the molecule is CCOc1cc(/C=C/C(=O)Nc2ccc(C)c(-n3nnnc3C)c2)ccc1OC. The zero-order valence-electron chi connectivity index (χ0n) is 16.8. The van der Waals surface area contributed by atoms with Crippen LogP contribution in [0.25, 0.3) is 11.8 Å².